The molecule has 0 aliphatic carbocycles. The molecule has 27 heavy (non-hydrogen) atoms. The fourth-order valence-corrected chi connectivity index (χ4v) is 3.20. The van der Waals surface area contributed by atoms with Crippen LogP contribution in [-0.4, -0.2) is 63.8 Å². The van der Waals surface area contributed by atoms with E-state index in [1.807, 2.05) is 6.92 Å². The van der Waals surface area contributed by atoms with E-state index < -0.39 is 11.8 Å². The smallest absolute Gasteiger partial charge is 0.261 e. The standard InChI is InChI=1S/C17H19N5O4S/c1-3-27-17-19-16(20-21-17)18-13(23)10-5-6-11-12(9-10)15(25)22(14(11)24)7-4-8-26-2/h5-6,9H,3-4,7-8H2,1-2H3,(H2,18,19,20,21,23). The number of aromatic amines is 1. The van der Waals surface area contributed by atoms with Gasteiger partial charge in [0.25, 0.3) is 17.7 Å². The molecule has 1 aromatic carbocycles. The molecule has 0 saturated heterocycles. The van der Waals surface area contributed by atoms with Crippen LogP contribution in [0.1, 0.15) is 44.4 Å². The topological polar surface area (TPSA) is 117 Å². The number of carbonyl (C=O) groups is 3. The van der Waals surface area contributed by atoms with Crippen LogP contribution in [0.5, 0.6) is 0 Å². The Hall–Kier alpha value is -2.72. The van der Waals surface area contributed by atoms with Gasteiger partial charge in [-0.25, -0.2) is 5.10 Å². The lowest BCUT2D eigenvalue weighted by molar-refractivity contribution is 0.0638. The van der Waals surface area contributed by atoms with Crippen molar-refractivity contribution in [1.29, 1.82) is 0 Å². The molecule has 1 aliphatic rings. The lowest BCUT2D eigenvalue weighted by Gasteiger charge is -2.12. The van der Waals surface area contributed by atoms with Crippen molar-refractivity contribution in [2.75, 3.05) is 31.3 Å². The van der Waals surface area contributed by atoms with Gasteiger partial charge in [0.05, 0.1) is 11.1 Å². The molecular weight excluding hydrogens is 370 g/mol. The number of imide groups is 1. The van der Waals surface area contributed by atoms with Crippen LogP contribution in [0.15, 0.2) is 23.4 Å². The average molecular weight is 389 g/mol. The molecule has 0 radical (unpaired) electrons. The summed E-state index contributed by atoms with van der Waals surface area (Å²) in [5.41, 5.74) is 0.787. The number of hydrogen-bond donors (Lipinski definition) is 2. The molecule has 3 rings (SSSR count). The van der Waals surface area contributed by atoms with Gasteiger partial charge in [0.15, 0.2) is 0 Å². The number of ether oxygens (including phenoxy) is 1. The molecule has 142 valence electrons. The molecule has 0 spiro atoms. The summed E-state index contributed by atoms with van der Waals surface area (Å²) in [5, 5.41) is 9.75. The molecule has 3 amide bonds. The van der Waals surface area contributed by atoms with Gasteiger partial charge in [-0.15, -0.1) is 5.10 Å². The van der Waals surface area contributed by atoms with Crippen molar-refractivity contribution >= 4 is 35.4 Å². The van der Waals surface area contributed by atoms with Crippen LogP contribution < -0.4 is 5.32 Å². The van der Waals surface area contributed by atoms with Gasteiger partial charge < -0.3 is 4.74 Å². The van der Waals surface area contributed by atoms with Gasteiger partial charge in [-0.2, -0.15) is 4.98 Å². The third kappa shape index (κ3) is 4.01. The highest BCUT2D eigenvalue weighted by Gasteiger charge is 2.35. The third-order valence-corrected chi connectivity index (χ3v) is 4.66. The highest BCUT2D eigenvalue weighted by atomic mass is 32.2. The number of H-pyrrole nitrogens is 1. The van der Waals surface area contributed by atoms with Gasteiger partial charge in [-0.05, 0) is 30.4 Å². The number of hydrogen-bond acceptors (Lipinski definition) is 7. The van der Waals surface area contributed by atoms with Crippen molar-refractivity contribution in [3.63, 3.8) is 0 Å². The number of aromatic nitrogens is 3. The number of methoxy groups -OCH3 is 1. The number of fused-ring (bicyclic) bond motifs is 1. The Balaban J connectivity index is 1.73. The number of rotatable bonds is 8. The molecule has 2 aromatic rings. The van der Waals surface area contributed by atoms with E-state index in [2.05, 4.69) is 20.5 Å². The second-order valence-corrected chi connectivity index (χ2v) is 6.95. The zero-order valence-corrected chi connectivity index (χ0v) is 15.8. The van der Waals surface area contributed by atoms with Crippen LogP contribution in [0.25, 0.3) is 0 Å². The predicted octanol–water partition coefficient (Wildman–Crippen LogP) is 1.80. The summed E-state index contributed by atoms with van der Waals surface area (Å²) < 4.78 is 4.96. The maximum atomic E-state index is 12.5. The van der Waals surface area contributed by atoms with Gasteiger partial charge in [-0.1, -0.05) is 18.7 Å². The number of nitrogens with zero attached hydrogens (tertiary/aromatic N) is 3. The Kier molecular flexibility index (Phi) is 5.87. The first-order valence-electron chi connectivity index (χ1n) is 8.41. The predicted molar refractivity (Wildman–Crippen MR) is 99.0 cm³/mol. The molecule has 0 bridgehead atoms. The fourth-order valence-electron chi connectivity index (χ4n) is 2.68. The second-order valence-electron chi connectivity index (χ2n) is 5.72. The van der Waals surface area contributed by atoms with Crippen molar-refractivity contribution in [2.24, 2.45) is 0 Å². The van der Waals surface area contributed by atoms with Crippen LogP contribution in [0.3, 0.4) is 0 Å². The van der Waals surface area contributed by atoms with Crippen LogP contribution in [-0.2, 0) is 4.74 Å². The molecular formula is C17H19N5O4S. The van der Waals surface area contributed by atoms with Crippen LogP contribution in [0.2, 0.25) is 0 Å². The first-order valence-corrected chi connectivity index (χ1v) is 9.39. The van der Waals surface area contributed by atoms with Crippen molar-refractivity contribution < 1.29 is 19.1 Å². The maximum absolute atomic E-state index is 12.5. The van der Waals surface area contributed by atoms with Gasteiger partial charge >= 0.3 is 0 Å². The van der Waals surface area contributed by atoms with Gasteiger partial charge in [0.2, 0.25) is 11.1 Å². The van der Waals surface area contributed by atoms with Gasteiger partial charge in [0.1, 0.15) is 0 Å². The summed E-state index contributed by atoms with van der Waals surface area (Å²) in [6.45, 7) is 2.70. The first-order chi connectivity index (χ1) is 13.0. The minimum absolute atomic E-state index is 0.222. The minimum Gasteiger partial charge on any atom is -0.385 e. The zero-order chi connectivity index (χ0) is 19.4. The largest absolute Gasteiger partial charge is 0.385 e. The van der Waals surface area contributed by atoms with E-state index in [4.69, 9.17) is 4.74 Å². The molecule has 0 saturated carbocycles. The van der Waals surface area contributed by atoms with Crippen molar-refractivity contribution in [2.45, 2.75) is 18.5 Å². The number of nitrogens with one attached hydrogen (secondary N) is 2. The quantitative estimate of drug-likeness (QED) is 0.402. The molecule has 2 heterocycles. The molecule has 2 N–H and O–H groups in total. The summed E-state index contributed by atoms with van der Waals surface area (Å²) in [6, 6.07) is 4.44. The number of thioether (sulfide) groups is 1. The molecule has 10 heteroatoms. The first kappa shape index (κ1) is 19.1. The van der Waals surface area contributed by atoms with E-state index in [1.54, 1.807) is 7.11 Å². The lowest BCUT2D eigenvalue weighted by atomic mass is 10.1. The normalized spacial score (nSPS) is 13.2. The van der Waals surface area contributed by atoms with Crippen molar-refractivity contribution in [3.8, 4) is 0 Å². The Bertz CT molecular complexity index is 882. The van der Waals surface area contributed by atoms with E-state index in [0.29, 0.717) is 23.7 Å². The molecule has 9 nitrogen and oxygen atoms in total. The average Bonchev–Trinajstić information content (AvgIpc) is 3.19. The van der Waals surface area contributed by atoms with Crippen LogP contribution in [0, 0.1) is 0 Å². The second kappa shape index (κ2) is 8.31. The highest BCUT2D eigenvalue weighted by Crippen LogP contribution is 2.24. The Morgan fingerprint density at radius 1 is 1.30 bits per heavy atom. The third-order valence-electron chi connectivity index (χ3n) is 3.93. The Morgan fingerprint density at radius 3 is 2.81 bits per heavy atom. The number of amides is 3. The zero-order valence-electron chi connectivity index (χ0n) is 14.9. The molecule has 0 unspecified atom stereocenters. The van der Waals surface area contributed by atoms with Gasteiger partial charge in [0, 0.05) is 25.8 Å². The van der Waals surface area contributed by atoms with Crippen LogP contribution >= 0.6 is 11.8 Å². The monoisotopic (exact) mass is 389 g/mol. The molecule has 0 atom stereocenters. The maximum Gasteiger partial charge on any atom is 0.261 e. The summed E-state index contributed by atoms with van der Waals surface area (Å²) in [5.74, 6) is -0.163. The molecule has 0 fully saturated rings. The summed E-state index contributed by atoms with van der Waals surface area (Å²) in [7, 11) is 1.56. The fraction of sp³-hybridized carbons (Fsp3) is 0.353. The van der Waals surface area contributed by atoms with E-state index in [1.165, 1.54) is 34.9 Å². The lowest BCUT2D eigenvalue weighted by Crippen LogP contribution is -2.31. The van der Waals surface area contributed by atoms with E-state index in [0.717, 1.165) is 5.75 Å². The summed E-state index contributed by atoms with van der Waals surface area (Å²) >= 11 is 1.44. The summed E-state index contributed by atoms with van der Waals surface area (Å²) in [4.78, 5) is 42.6. The van der Waals surface area contributed by atoms with E-state index in [9.17, 15) is 14.4 Å². The Morgan fingerprint density at radius 2 is 2.07 bits per heavy atom. The SMILES string of the molecule is CCSc1n[nH]c(NC(=O)c2ccc3c(c2)C(=O)N(CCCOC)C3=O)n1. The van der Waals surface area contributed by atoms with Gasteiger partial charge in [-0.3, -0.25) is 24.6 Å². The van der Waals surface area contributed by atoms with E-state index in [-0.39, 0.29) is 29.5 Å². The Labute approximate surface area is 159 Å². The summed E-state index contributed by atoms with van der Waals surface area (Å²) in [6.07, 6.45) is 0.554. The van der Waals surface area contributed by atoms with Crippen molar-refractivity contribution in [3.05, 3.63) is 34.9 Å². The number of benzene rings is 1. The minimum atomic E-state index is -0.444. The number of carbonyl (C=O) groups excluding carboxylic acids is 3. The van der Waals surface area contributed by atoms with Crippen molar-refractivity contribution in [1.82, 2.24) is 20.1 Å². The number of anilines is 1. The molecule has 1 aromatic heterocycles. The highest BCUT2D eigenvalue weighted by molar-refractivity contribution is 7.99. The van der Waals surface area contributed by atoms with Crippen LogP contribution in [0.4, 0.5) is 5.95 Å². The van der Waals surface area contributed by atoms with E-state index >= 15 is 0 Å². The molecule has 1 aliphatic heterocycles.